The topological polar surface area (TPSA) is 59.8 Å². The smallest absolute Gasteiger partial charge is 0.325 e. The van der Waals surface area contributed by atoms with E-state index in [-0.39, 0.29) is 11.8 Å². The lowest BCUT2D eigenvalue weighted by atomic mass is 10.3. The quantitative estimate of drug-likeness (QED) is 0.482. The molecule has 1 amide bonds. The van der Waals surface area contributed by atoms with Crippen LogP contribution in [0.15, 0.2) is 27.7 Å². The summed E-state index contributed by atoms with van der Waals surface area (Å²) in [4.78, 5) is 25.0. The van der Waals surface area contributed by atoms with E-state index in [4.69, 9.17) is 16.6 Å². The average Bonchev–Trinajstić information content (AvgIpc) is 2.94. The van der Waals surface area contributed by atoms with E-state index in [9.17, 15) is 9.59 Å². The fraction of sp³-hybridized carbons (Fsp3) is 0.182. The fourth-order valence-electron chi connectivity index (χ4n) is 1.33. The van der Waals surface area contributed by atoms with Gasteiger partial charge in [0.1, 0.15) is 17.3 Å². The van der Waals surface area contributed by atoms with E-state index in [1.54, 1.807) is 18.2 Å². The molecule has 0 spiro atoms. The predicted octanol–water partition coefficient (Wildman–Crippen LogP) is 2.29. The number of rotatable bonds is 3. The number of carbonyl (C=O) groups excluding carboxylic acids is 2. The van der Waals surface area contributed by atoms with Crippen molar-refractivity contribution >= 4 is 46.3 Å². The standard InChI is InChI=1S/C11H9NO4S2/c1-15-9(13)6-12-10(17)8(18-11(12)14)5-7-3-2-4-16-7/h2-5H,6H2,1H3. The molecule has 94 valence electrons. The molecule has 0 unspecified atom stereocenters. The van der Waals surface area contributed by atoms with Crippen LogP contribution in [0.1, 0.15) is 5.76 Å². The summed E-state index contributed by atoms with van der Waals surface area (Å²) in [6, 6.07) is 3.49. The Morgan fingerprint density at radius 1 is 1.67 bits per heavy atom. The molecular weight excluding hydrogens is 274 g/mol. The highest BCUT2D eigenvalue weighted by Gasteiger charge is 2.33. The minimum atomic E-state index is -0.509. The lowest BCUT2D eigenvalue weighted by Gasteiger charge is -2.12. The number of ether oxygens (including phenoxy) is 1. The molecule has 2 rings (SSSR count). The van der Waals surface area contributed by atoms with Crippen LogP contribution < -0.4 is 0 Å². The molecule has 5 nitrogen and oxygen atoms in total. The van der Waals surface area contributed by atoms with E-state index < -0.39 is 5.97 Å². The Kier molecular flexibility index (Phi) is 3.83. The summed E-state index contributed by atoms with van der Waals surface area (Å²) in [7, 11) is 1.26. The van der Waals surface area contributed by atoms with Gasteiger partial charge in [-0.25, -0.2) is 0 Å². The zero-order chi connectivity index (χ0) is 13.1. The summed E-state index contributed by atoms with van der Waals surface area (Å²) in [6.45, 7) is -0.170. The molecule has 0 N–H and O–H groups in total. The lowest BCUT2D eigenvalue weighted by molar-refractivity contribution is -0.140. The van der Waals surface area contributed by atoms with Crippen LogP contribution >= 0.6 is 24.0 Å². The number of thioether (sulfide) groups is 1. The molecule has 1 aliphatic heterocycles. The molecule has 0 aromatic carbocycles. The zero-order valence-corrected chi connectivity index (χ0v) is 11.0. The van der Waals surface area contributed by atoms with Crippen LogP contribution in [-0.4, -0.2) is 34.8 Å². The second-order valence-corrected chi connectivity index (χ2v) is 4.74. The van der Waals surface area contributed by atoms with Gasteiger partial charge in [0, 0.05) is 0 Å². The summed E-state index contributed by atoms with van der Waals surface area (Å²) >= 11 is 6.12. The first kappa shape index (κ1) is 12.8. The van der Waals surface area contributed by atoms with E-state index in [1.807, 2.05) is 0 Å². The maximum atomic E-state index is 11.7. The van der Waals surface area contributed by atoms with Crippen LogP contribution in [0, 0.1) is 0 Å². The minimum Gasteiger partial charge on any atom is -0.468 e. The van der Waals surface area contributed by atoms with Crippen LogP contribution in [-0.2, 0) is 9.53 Å². The summed E-state index contributed by atoms with van der Waals surface area (Å²) in [5.41, 5.74) is 0. The molecule has 1 aromatic heterocycles. The minimum absolute atomic E-state index is 0.170. The second kappa shape index (κ2) is 5.36. The molecule has 7 heteroatoms. The van der Waals surface area contributed by atoms with Crippen molar-refractivity contribution in [3.05, 3.63) is 29.1 Å². The number of esters is 1. The van der Waals surface area contributed by atoms with Gasteiger partial charge in [-0.05, 0) is 30.0 Å². The first-order valence-electron chi connectivity index (χ1n) is 4.97. The molecule has 0 radical (unpaired) electrons. The number of thiocarbonyl (C=S) groups is 1. The molecule has 0 atom stereocenters. The van der Waals surface area contributed by atoms with Crippen LogP contribution in [0.2, 0.25) is 0 Å². The zero-order valence-electron chi connectivity index (χ0n) is 9.41. The Bertz CT molecular complexity index is 521. The van der Waals surface area contributed by atoms with Gasteiger partial charge in [0.25, 0.3) is 5.24 Å². The predicted molar refractivity (Wildman–Crippen MR) is 71.0 cm³/mol. The number of hydrogen-bond donors (Lipinski definition) is 0. The van der Waals surface area contributed by atoms with Crippen molar-refractivity contribution in [1.82, 2.24) is 4.90 Å². The Morgan fingerprint density at radius 3 is 3.06 bits per heavy atom. The Hall–Kier alpha value is -1.60. The summed E-state index contributed by atoms with van der Waals surface area (Å²) in [6.07, 6.45) is 3.20. The fourth-order valence-corrected chi connectivity index (χ4v) is 2.55. The molecule has 1 aromatic rings. The van der Waals surface area contributed by atoms with Crippen molar-refractivity contribution in [1.29, 1.82) is 0 Å². The monoisotopic (exact) mass is 283 g/mol. The van der Waals surface area contributed by atoms with Gasteiger partial charge in [0.05, 0.1) is 18.3 Å². The van der Waals surface area contributed by atoms with Crippen molar-refractivity contribution in [2.75, 3.05) is 13.7 Å². The van der Waals surface area contributed by atoms with E-state index >= 15 is 0 Å². The van der Waals surface area contributed by atoms with Crippen molar-refractivity contribution in [2.45, 2.75) is 0 Å². The van der Waals surface area contributed by atoms with E-state index in [1.165, 1.54) is 18.3 Å². The molecule has 0 bridgehead atoms. The Balaban J connectivity index is 2.16. The van der Waals surface area contributed by atoms with E-state index in [0.717, 1.165) is 11.8 Å². The Labute approximate surface area is 113 Å². The molecule has 2 heterocycles. The number of methoxy groups -OCH3 is 1. The molecule has 1 aliphatic rings. The number of amides is 1. The Morgan fingerprint density at radius 2 is 2.44 bits per heavy atom. The molecule has 0 saturated carbocycles. The van der Waals surface area contributed by atoms with E-state index in [0.29, 0.717) is 15.7 Å². The molecule has 1 saturated heterocycles. The maximum absolute atomic E-state index is 11.7. The maximum Gasteiger partial charge on any atom is 0.325 e. The summed E-state index contributed by atoms with van der Waals surface area (Å²) in [5.74, 6) is 0.0955. The first-order chi connectivity index (χ1) is 8.61. The average molecular weight is 283 g/mol. The molecule has 18 heavy (non-hydrogen) atoms. The summed E-state index contributed by atoms with van der Waals surface area (Å²) in [5, 5.41) is -0.289. The third kappa shape index (κ3) is 2.62. The van der Waals surface area contributed by atoms with Crippen molar-refractivity contribution in [2.24, 2.45) is 0 Å². The van der Waals surface area contributed by atoms with Crippen LogP contribution in [0.3, 0.4) is 0 Å². The number of carbonyl (C=O) groups is 2. The van der Waals surface area contributed by atoms with Gasteiger partial charge < -0.3 is 9.15 Å². The lowest BCUT2D eigenvalue weighted by Crippen LogP contribution is -2.33. The van der Waals surface area contributed by atoms with Crippen LogP contribution in [0.4, 0.5) is 4.79 Å². The SMILES string of the molecule is COC(=O)CN1C(=O)SC(=Cc2ccco2)C1=S. The van der Waals surface area contributed by atoms with E-state index in [2.05, 4.69) is 4.74 Å². The van der Waals surface area contributed by atoms with Gasteiger partial charge in [0.15, 0.2) is 0 Å². The third-order valence-electron chi connectivity index (χ3n) is 2.21. The molecule has 1 fully saturated rings. The number of nitrogens with zero attached hydrogens (tertiary/aromatic N) is 1. The van der Waals surface area contributed by atoms with Crippen molar-refractivity contribution < 1.29 is 18.7 Å². The third-order valence-corrected chi connectivity index (χ3v) is 3.70. The van der Waals surface area contributed by atoms with Gasteiger partial charge in [-0.2, -0.15) is 0 Å². The van der Waals surface area contributed by atoms with Crippen molar-refractivity contribution in [3.8, 4) is 0 Å². The molecule has 0 aliphatic carbocycles. The highest BCUT2D eigenvalue weighted by Crippen LogP contribution is 2.33. The number of furan rings is 1. The second-order valence-electron chi connectivity index (χ2n) is 3.36. The largest absolute Gasteiger partial charge is 0.468 e. The van der Waals surface area contributed by atoms with Crippen molar-refractivity contribution in [3.63, 3.8) is 0 Å². The normalized spacial score (nSPS) is 17.6. The van der Waals surface area contributed by atoms with Gasteiger partial charge in [-0.15, -0.1) is 0 Å². The first-order valence-corrected chi connectivity index (χ1v) is 6.20. The highest BCUT2D eigenvalue weighted by atomic mass is 32.2. The van der Waals surface area contributed by atoms with Gasteiger partial charge in [-0.3, -0.25) is 14.5 Å². The van der Waals surface area contributed by atoms with Gasteiger partial charge in [0.2, 0.25) is 0 Å². The van der Waals surface area contributed by atoms with Crippen LogP contribution in [0.5, 0.6) is 0 Å². The number of hydrogen-bond acceptors (Lipinski definition) is 6. The highest BCUT2D eigenvalue weighted by molar-refractivity contribution is 8.19. The van der Waals surface area contributed by atoms with Crippen LogP contribution in [0.25, 0.3) is 6.08 Å². The summed E-state index contributed by atoms with van der Waals surface area (Å²) < 4.78 is 9.66. The molecular formula is C11H9NO4S2. The van der Waals surface area contributed by atoms with Gasteiger partial charge >= 0.3 is 5.97 Å². The van der Waals surface area contributed by atoms with Gasteiger partial charge in [-0.1, -0.05) is 12.2 Å².